The van der Waals surface area contributed by atoms with Crippen LogP contribution in [0.3, 0.4) is 0 Å². The number of sulfonamides is 1. The Morgan fingerprint density at radius 1 is 1.12 bits per heavy atom. The van der Waals surface area contributed by atoms with Crippen molar-refractivity contribution in [1.29, 1.82) is 0 Å². The lowest BCUT2D eigenvalue weighted by Crippen LogP contribution is -2.39. The highest BCUT2D eigenvalue weighted by atomic mass is 32.2. The fourth-order valence-corrected chi connectivity index (χ4v) is 6.15. The van der Waals surface area contributed by atoms with Crippen LogP contribution in [0.4, 0.5) is 0 Å². The van der Waals surface area contributed by atoms with E-state index in [9.17, 15) is 16.8 Å². The number of nitrogens with one attached hydrogen (secondary N) is 1. The van der Waals surface area contributed by atoms with Crippen LogP contribution in [-0.4, -0.2) is 60.7 Å². The van der Waals surface area contributed by atoms with Crippen LogP contribution >= 0.6 is 0 Å². The lowest BCUT2D eigenvalue weighted by Gasteiger charge is -2.33. The van der Waals surface area contributed by atoms with Crippen molar-refractivity contribution in [3.63, 3.8) is 0 Å². The number of methoxy groups -OCH3 is 1. The maximum Gasteiger partial charge on any atom is 0.246 e. The molecule has 0 amide bonds. The van der Waals surface area contributed by atoms with Gasteiger partial charge in [-0.25, -0.2) is 16.8 Å². The molecule has 0 bridgehead atoms. The number of sulfone groups is 1. The molecule has 3 rings (SSSR count). The van der Waals surface area contributed by atoms with E-state index in [4.69, 9.17) is 4.74 Å². The van der Waals surface area contributed by atoms with Gasteiger partial charge in [-0.15, -0.1) is 0 Å². The molecule has 2 aliphatic heterocycles. The van der Waals surface area contributed by atoms with Gasteiger partial charge in [-0.3, -0.25) is 0 Å². The average Bonchev–Trinajstić information content (AvgIpc) is 2.98. The number of hydrogen-bond donors (Lipinski definition) is 1. The Balaban J connectivity index is 1.97. The molecular weight excluding hydrogens is 364 g/mol. The molecule has 1 aromatic rings. The van der Waals surface area contributed by atoms with Crippen LogP contribution in [-0.2, 0) is 19.9 Å². The van der Waals surface area contributed by atoms with Crippen LogP contribution in [0.5, 0.6) is 5.75 Å². The van der Waals surface area contributed by atoms with Crippen LogP contribution in [0.25, 0.3) is 0 Å². The minimum atomic E-state index is -3.82. The molecule has 2 heterocycles. The summed E-state index contributed by atoms with van der Waals surface area (Å²) in [5, 5.41) is 3.31. The summed E-state index contributed by atoms with van der Waals surface area (Å²) in [6.45, 7) is 2.74. The molecule has 1 aromatic carbocycles. The van der Waals surface area contributed by atoms with Gasteiger partial charge >= 0.3 is 0 Å². The maximum atomic E-state index is 13.2. The van der Waals surface area contributed by atoms with Gasteiger partial charge in [-0.2, -0.15) is 4.31 Å². The van der Waals surface area contributed by atoms with Crippen molar-refractivity contribution in [3.05, 3.63) is 18.2 Å². The Morgan fingerprint density at radius 3 is 2.40 bits per heavy atom. The fourth-order valence-electron chi connectivity index (χ4n) is 3.69. The van der Waals surface area contributed by atoms with E-state index in [0.29, 0.717) is 13.1 Å². The fraction of sp³-hybridized carbons (Fsp3) is 0.625. The molecule has 2 fully saturated rings. The van der Waals surface area contributed by atoms with Crippen LogP contribution in [0.15, 0.2) is 28.0 Å². The van der Waals surface area contributed by atoms with Crippen molar-refractivity contribution >= 4 is 19.9 Å². The Kier molecular flexibility index (Phi) is 4.87. The van der Waals surface area contributed by atoms with Crippen molar-refractivity contribution < 1.29 is 21.6 Å². The van der Waals surface area contributed by atoms with E-state index in [1.165, 1.54) is 29.6 Å². The Labute approximate surface area is 149 Å². The quantitative estimate of drug-likeness (QED) is 0.823. The highest BCUT2D eigenvalue weighted by Gasteiger charge is 2.44. The molecule has 7 nitrogen and oxygen atoms in total. The minimum Gasteiger partial charge on any atom is -0.495 e. The third-order valence-corrected chi connectivity index (χ3v) is 8.23. The van der Waals surface area contributed by atoms with Crippen molar-refractivity contribution in [3.8, 4) is 5.75 Å². The predicted molar refractivity (Wildman–Crippen MR) is 94.0 cm³/mol. The summed E-state index contributed by atoms with van der Waals surface area (Å²) < 4.78 is 56.6. The molecular formula is C16H24N2O5S2. The SMILES string of the molecule is COc1ccc(S(C)(=O)=O)cc1S(=O)(=O)N1CCC2(CCNCC2)C1. The topological polar surface area (TPSA) is 92.8 Å². The molecule has 0 atom stereocenters. The van der Waals surface area contributed by atoms with Gasteiger partial charge in [0.1, 0.15) is 10.6 Å². The smallest absolute Gasteiger partial charge is 0.246 e. The first-order chi connectivity index (χ1) is 11.7. The standard InChI is InChI=1S/C16H24N2O5S2/c1-23-14-4-3-13(24(2,19)20)11-15(14)25(21,22)18-10-7-16(12-18)5-8-17-9-6-16/h3-4,11,17H,5-10,12H2,1-2H3. The highest BCUT2D eigenvalue weighted by Crippen LogP contribution is 2.41. The van der Waals surface area contributed by atoms with Gasteiger partial charge in [-0.1, -0.05) is 0 Å². The van der Waals surface area contributed by atoms with Gasteiger partial charge in [0.25, 0.3) is 0 Å². The van der Waals surface area contributed by atoms with Gasteiger partial charge in [0.2, 0.25) is 10.0 Å². The van der Waals surface area contributed by atoms with E-state index in [2.05, 4.69) is 5.32 Å². The predicted octanol–water partition coefficient (Wildman–Crippen LogP) is 0.863. The summed E-state index contributed by atoms with van der Waals surface area (Å²) in [5.41, 5.74) is 0.0278. The van der Waals surface area contributed by atoms with Gasteiger partial charge in [0, 0.05) is 19.3 Å². The first kappa shape index (κ1) is 18.6. The molecule has 9 heteroatoms. The van der Waals surface area contributed by atoms with Crippen molar-refractivity contribution in [2.75, 3.05) is 39.5 Å². The Bertz CT molecular complexity index is 859. The second-order valence-electron chi connectivity index (χ2n) is 6.92. The van der Waals surface area contributed by atoms with Crippen molar-refractivity contribution in [1.82, 2.24) is 9.62 Å². The van der Waals surface area contributed by atoms with E-state index < -0.39 is 19.9 Å². The van der Waals surface area contributed by atoms with E-state index in [1.807, 2.05) is 0 Å². The monoisotopic (exact) mass is 388 g/mol. The number of nitrogens with zero attached hydrogens (tertiary/aromatic N) is 1. The lowest BCUT2D eigenvalue weighted by molar-refractivity contribution is 0.218. The zero-order valence-corrected chi connectivity index (χ0v) is 16.1. The molecule has 140 valence electrons. The van der Waals surface area contributed by atoms with Gasteiger partial charge < -0.3 is 10.1 Å². The second-order valence-corrected chi connectivity index (χ2v) is 10.8. The van der Waals surface area contributed by atoms with E-state index in [-0.39, 0.29) is 21.0 Å². The summed E-state index contributed by atoms with van der Waals surface area (Å²) in [7, 11) is -5.94. The average molecular weight is 389 g/mol. The third-order valence-electron chi connectivity index (χ3n) is 5.25. The second kappa shape index (κ2) is 6.53. The first-order valence-electron chi connectivity index (χ1n) is 8.27. The molecule has 0 radical (unpaired) electrons. The van der Waals surface area contributed by atoms with Crippen LogP contribution in [0.2, 0.25) is 0 Å². The summed E-state index contributed by atoms with van der Waals surface area (Å²) in [5.74, 6) is 0.165. The summed E-state index contributed by atoms with van der Waals surface area (Å²) in [6.07, 6.45) is 3.81. The molecule has 0 unspecified atom stereocenters. The number of hydrogen-bond acceptors (Lipinski definition) is 6. The zero-order valence-electron chi connectivity index (χ0n) is 14.5. The minimum absolute atomic E-state index is 0.0253. The van der Waals surface area contributed by atoms with Crippen LogP contribution in [0, 0.1) is 5.41 Å². The maximum absolute atomic E-state index is 13.2. The normalized spacial score (nSPS) is 21.5. The molecule has 1 spiro atoms. The molecule has 0 aliphatic carbocycles. The van der Waals surface area contributed by atoms with Crippen molar-refractivity contribution in [2.24, 2.45) is 5.41 Å². The van der Waals surface area contributed by atoms with Crippen LogP contribution in [0.1, 0.15) is 19.3 Å². The molecule has 25 heavy (non-hydrogen) atoms. The number of benzene rings is 1. The van der Waals surface area contributed by atoms with E-state index >= 15 is 0 Å². The molecule has 2 aliphatic rings. The van der Waals surface area contributed by atoms with Gasteiger partial charge in [0.15, 0.2) is 9.84 Å². The van der Waals surface area contributed by atoms with E-state index in [0.717, 1.165) is 38.6 Å². The number of rotatable bonds is 4. The Hall–Kier alpha value is -1.16. The van der Waals surface area contributed by atoms with E-state index in [1.54, 1.807) is 0 Å². The lowest BCUT2D eigenvalue weighted by atomic mass is 9.78. The molecule has 0 saturated carbocycles. The summed E-state index contributed by atoms with van der Waals surface area (Å²) in [6, 6.07) is 3.97. The summed E-state index contributed by atoms with van der Waals surface area (Å²) in [4.78, 5) is -0.105. The third kappa shape index (κ3) is 3.55. The largest absolute Gasteiger partial charge is 0.495 e. The zero-order chi connectivity index (χ0) is 18.3. The molecule has 1 N–H and O–H groups in total. The summed E-state index contributed by atoms with van der Waals surface area (Å²) >= 11 is 0. The van der Waals surface area contributed by atoms with Gasteiger partial charge in [0.05, 0.1) is 12.0 Å². The van der Waals surface area contributed by atoms with Gasteiger partial charge in [-0.05, 0) is 56.0 Å². The number of ether oxygens (including phenoxy) is 1. The Morgan fingerprint density at radius 2 is 1.80 bits per heavy atom. The highest BCUT2D eigenvalue weighted by molar-refractivity contribution is 7.91. The molecule has 0 aromatic heterocycles. The number of piperidine rings is 1. The first-order valence-corrected chi connectivity index (χ1v) is 11.6. The van der Waals surface area contributed by atoms with Crippen molar-refractivity contribution in [2.45, 2.75) is 29.1 Å². The molecule has 2 saturated heterocycles. The van der Waals surface area contributed by atoms with Crippen LogP contribution < -0.4 is 10.1 Å².